The summed E-state index contributed by atoms with van der Waals surface area (Å²) in [6.07, 6.45) is 1.47. The first-order valence-corrected chi connectivity index (χ1v) is 6.56. The minimum Gasteiger partial charge on any atom is -0.457 e. The Kier molecular flexibility index (Phi) is 3.17. The van der Waals surface area contributed by atoms with Crippen LogP contribution in [0.2, 0.25) is 0 Å². The van der Waals surface area contributed by atoms with E-state index in [0.29, 0.717) is 36.9 Å². The van der Waals surface area contributed by atoms with Crippen LogP contribution in [0.4, 0.5) is 0 Å². The van der Waals surface area contributed by atoms with E-state index in [1.807, 2.05) is 0 Å². The minimum atomic E-state index is -0.407. The van der Waals surface area contributed by atoms with Gasteiger partial charge in [0.05, 0.1) is 19.8 Å². The second kappa shape index (κ2) is 4.88. The average Bonchev–Trinajstić information content (AvgIpc) is 3.00. The fourth-order valence-electron chi connectivity index (χ4n) is 2.45. The topological polar surface area (TPSA) is 80.3 Å². The van der Waals surface area contributed by atoms with Crippen molar-refractivity contribution in [2.75, 3.05) is 13.2 Å². The highest BCUT2D eigenvalue weighted by Crippen LogP contribution is 2.25. The molecule has 0 amide bonds. The lowest BCUT2D eigenvalue weighted by molar-refractivity contribution is 0.0733. The highest BCUT2D eigenvalue weighted by Gasteiger charge is 2.29. The van der Waals surface area contributed by atoms with Gasteiger partial charge in [-0.2, -0.15) is 4.98 Å². The van der Waals surface area contributed by atoms with Gasteiger partial charge in [0.15, 0.2) is 11.2 Å². The summed E-state index contributed by atoms with van der Waals surface area (Å²) in [7, 11) is 3.03. The average molecular weight is 292 g/mol. The third-order valence-corrected chi connectivity index (χ3v) is 3.51. The Morgan fingerprint density at radius 2 is 2.19 bits per heavy atom. The zero-order valence-corrected chi connectivity index (χ0v) is 11.9. The molecule has 2 aromatic heterocycles. The molecule has 21 heavy (non-hydrogen) atoms. The highest BCUT2D eigenvalue weighted by molar-refractivity contribution is 5.72. The number of fused-ring (bicyclic) bond motifs is 3. The van der Waals surface area contributed by atoms with Crippen LogP contribution in [0.3, 0.4) is 0 Å². The Labute approximate surface area is 119 Å². The van der Waals surface area contributed by atoms with Gasteiger partial charge < -0.3 is 9.47 Å². The lowest BCUT2D eigenvalue weighted by atomic mass is 10.3. The Hall–Kier alpha value is -2.35. The Bertz CT molecular complexity index is 829. The fraction of sp³-hybridized carbons (Fsp3) is 0.462. The van der Waals surface area contributed by atoms with Crippen LogP contribution in [-0.4, -0.2) is 38.0 Å². The van der Waals surface area contributed by atoms with Gasteiger partial charge in [0.2, 0.25) is 0 Å². The predicted molar refractivity (Wildman–Crippen MR) is 75.6 cm³/mol. The molecule has 1 atom stereocenters. The fourth-order valence-corrected chi connectivity index (χ4v) is 2.45. The highest BCUT2D eigenvalue weighted by atomic mass is 16.5. The first-order valence-electron chi connectivity index (χ1n) is 6.56. The van der Waals surface area contributed by atoms with E-state index in [-0.39, 0.29) is 11.7 Å². The lowest BCUT2D eigenvalue weighted by Crippen LogP contribution is -2.37. The van der Waals surface area contributed by atoms with Crippen molar-refractivity contribution in [2.45, 2.75) is 12.6 Å². The number of hydrogen-bond acceptors (Lipinski definition) is 5. The van der Waals surface area contributed by atoms with Crippen LogP contribution >= 0.6 is 0 Å². The number of imidazole rings is 1. The van der Waals surface area contributed by atoms with Gasteiger partial charge in [-0.25, -0.2) is 4.79 Å². The predicted octanol–water partition coefficient (Wildman–Crippen LogP) is -0.603. The molecule has 8 nitrogen and oxygen atoms in total. The molecule has 0 saturated heterocycles. The van der Waals surface area contributed by atoms with Crippen LogP contribution in [-0.2, 0) is 25.4 Å². The quantitative estimate of drug-likeness (QED) is 0.555. The van der Waals surface area contributed by atoms with E-state index < -0.39 is 5.69 Å². The maximum Gasteiger partial charge on any atom is 0.332 e. The van der Waals surface area contributed by atoms with E-state index in [1.165, 1.54) is 11.6 Å². The van der Waals surface area contributed by atoms with Gasteiger partial charge in [0.1, 0.15) is 6.10 Å². The summed E-state index contributed by atoms with van der Waals surface area (Å²) in [5.41, 5.74) is -0.0670. The second-order valence-corrected chi connectivity index (χ2v) is 4.95. The van der Waals surface area contributed by atoms with Gasteiger partial charge in [0.25, 0.3) is 11.6 Å². The van der Waals surface area contributed by atoms with Gasteiger partial charge in [0, 0.05) is 14.1 Å². The van der Waals surface area contributed by atoms with Crippen LogP contribution < -0.4 is 16.0 Å². The van der Waals surface area contributed by atoms with E-state index in [1.54, 1.807) is 17.7 Å². The van der Waals surface area contributed by atoms with Crippen molar-refractivity contribution >= 4 is 11.2 Å². The standard InChI is InChI=1S/C13H16N4O4/c1-4-5-20-7-8-6-17-9-10(14-12(17)21-8)15(2)13(19)16(3)11(9)18/h4,8H,1,5-7H2,2-3H3. The molecule has 0 saturated carbocycles. The molecule has 8 heteroatoms. The van der Waals surface area contributed by atoms with Crippen LogP contribution in [0, 0.1) is 0 Å². The van der Waals surface area contributed by atoms with E-state index in [2.05, 4.69) is 11.6 Å². The molecule has 1 unspecified atom stereocenters. The third kappa shape index (κ3) is 1.99. The van der Waals surface area contributed by atoms with Gasteiger partial charge in [-0.15, -0.1) is 6.58 Å². The molecule has 0 aromatic carbocycles. The second-order valence-electron chi connectivity index (χ2n) is 4.95. The molecule has 0 spiro atoms. The largest absolute Gasteiger partial charge is 0.457 e. The van der Waals surface area contributed by atoms with Crippen molar-refractivity contribution in [2.24, 2.45) is 14.1 Å². The molecule has 2 aromatic rings. The van der Waals surface area contributed by atoms with Gasteiger partial charge in [-0.3, -0.25) is 18.5 Å². The number of rotatable bonds is 4. The van der Waals surface area contributed by atoms with Gasteiger partial charge in [-0.1, -0.05) is 6.08 Å². The molecule has 0 aliphatic carbocycles. The first-order chi connectivity index (χ1) is 10.0. The summed E-state index contributed by atoms with van der Waals surface area (Å²) in [6, 6.07) is 0.343. The zero-order valence-electron chi connectivity index (χ0n) is 11.9. The van der Waals surface area contributed by atoms with Crippen LogP contribution in [0.15, 0.2) is 22.2 Å². The van der Waals surface area contributed by atoms with E-state index in [4.69, 9.17) is 9.47 Å². The molecule has 112 valence electrons. The van der Waals surface area contributed by atoms with Crippen molar-refractivity contribution in [3.05, 3.63) is 33.5 Å². The molecule has 0 fully saturated rings. The van der Waals surface area contributed by atoms with Crippen molar-refractivity contribution in [3.63, 3.8) is 0 Å². The summed E-state index contributed by atoms with van der Waals surface area (Å²) >= 11 is 0. The van der Waals surface area contributed by atoms with Crippen molar-refractivity contribution in [3.8, 4) is 6.01 Å². The van der Waals surface area contributed by atoms with Crippen LogP contribution in [0.1, 0.15) is 0 Å². The van der Waals surface area contributed by atoms with Gasteiger partial charge in [-0.05, 0) is 0 Å². The Morgan fingerprint density at radius 1 is 1.43 bits per heavy atom. The lowest BCUT2D eigenvalue weighted by Gasteiger charge is -2.09. The molecule has 3 rings (SSSR count). The molecule has 1 aliphatic heterocycles. The van der Waals surface area contributed by atoms with Crippen molar-refractivity contribution in [1.82, 2.24) is 18.7 Å². The van der Waals surface area contributed by atoms with Crippen molar-refractivity contribution in [1.29, 1.82) is 0 Å². The number of ether oxygens (including phenoxy) is 2. The number of aromatic nitrogens is 4. The smallest absolute Gasteiger partial charge is 0.332 e. The summed E-state index contributed by atoms with van der Waals surface area (Å²) in [6.45, 7) is 4.88. The number of hydrogen-bond donors (Lipinski definition) is 0. The molecule has 0 radical (unpaired) electrons. The molecule has 0 N–H and O–H groups in total. The SMILES string of the molecule is C=CCOCC1Cn2c(nc3c2c(=O)n(C)c(=O)n3C)O1. The monoisotopic (exact) mass is 292 g/mol. The Balaban J connectivity index is 2.02. The number of nitrogens with zero attached hydrogens (tertiary/aromatic N) is 4. The molecular weight excluding hydrogens is 276 g/mol. The van der Waals surface area contributed by atoms with E-state index in [9.17, 15) is 9.59 Å². The normalized spacial score (nSPS) is 17.0. The van der Waals surface area contributed by atoms with E-state index >= 15 is 0 Å². The zero-order chi connectivity index (χ0) is 15.1. The molecule has 3 heterocycles. The van der Waals surface area contributed by atoms with E-state index in [0.717, 1.165) is 4.57 Å². The van der Waals surface area contributed by atoms with Crippen LogP contribution in [0.5, 0.6) is 6.01 Å². The maximum atomic E-state index is 12.3. The summed E-state index contributed by atoms with van der Waals surface area (Å²) < 4.78 is 15.1. The summed E-state index contributed by atoms with van der Waals surface area (Å²) in [5, 5.41) is 0. The third-order valence-electron chi connectivity index (χ3n) is 3.51. The van der Waals surface area contributed by atoms with Gasteiger partial charge >= 0.3 is 5.69 Å². The minimum absolute atomic E-state index is 0.196. The maximum absolute atomic E-state index is 12.3. The summed E-state index contributed by atoms with van der Waals surface area (Å²) in [4.78, 5) is 28.4. The molecular formula is C13H16N4O4. The summed E-state index contributed by atoms with van der Waals surface area (Å²) in [5.74, 6) is 0. The van der Waals surface area contributed by atoms with Crippen LogP contribution in [0.25, 0.3) is 11.2 Å². The number of aryl methyl sites for hydroxylation is 1. The first kappa shape index (κ1) is 13.6. The molecule has 1 aliphatic rings. The Morgan fingerprint density at radius 3 is 2.90 bits per heavy atom. The molecule has 0 bridgehead atoms. The van der Waals surface area contributed by atoms with Crippen molar-refractivity contribution < 1.29 is 9.47 Å².